The van der Waals surface area contributed by atoms with Crippen LogP contribution in [-0.4, -0.2) is 62.1 Å². The van der Waals surface area contributed by atoms with Crippen molar-refractivity contribution in [3.8, 4) is 0 Å². The Morgan fingerprint density at radius 3 is 2.35 bits per heavy atom. The number of ether oxygens (including phenoxy) is 1. The van der Waals surface area contributed by atoms with Crippen LogP contribution in [-0.2, 0) is 9.53 Å². The van der Waals surface area contributed by atoms with Crippen molar-refractivity contribution in [1.29, 1.82) is 0 Å². The van der Waals surface area contributed by atoms with Crippen molar-refractivity contribution in [2.75, 3.05) is 46.4 Å². The van der Waals surface area contributed by atoms with Gasteiger partial charge in [-0.2, -0.15) is 0 Å². The lowest BCUT2D eigenvalue weighted by molar-refractivity contribution is -0.136. The monoisotopic (exact) mass is 240 g/mol. The van der Waals surface area contributed by atoms with E-state index in [0.29, 0.717) is 5.57 Å². The maximum atomic E-state index is 11.2. The molecule has 4 heteroatoms. The first-order valence-electron chi connectivity index (χ1n) is 6.37. The van der Waals surface area contributed by atoms with Crippen LogP contribution in [0.4, 0.5) is 0 Å². The first-order valence-corrected chi connectivity index (χ1v) is 6.37. The molecule has 0 bridgehead atoms. The first kappa shape index (κ1) is 14.2. The molecule has 1 rings (SSSR count). The summed E-state index contributed by atoms with van der Waals surface area (Å²) in [5.41, 5.74) is 0.698. The second-order valence-corrected chi connectivity index (χ2v) is 4.52. The van der Waals surface area contributed by atoms with E-state index in [1.807, 2.05) is 6.08 Å². The van der Waals surface area contributed by atoms with Crippen molar-refractivity contribution >= 4 is 5.97 Å². The first-order chi connectivity index (χ1) is 8.17. The second-order valence-electron chi connectivity index (χ2n) is 4.52. The Balaban J connectivity index is 2.28. The van der Waals surface area contributed by atoms with Crippen LogP contribution in [0, 0.1) is 0 Å². The number of esters is 1. The topological polar surface area (TPSA) is 32.8 Å². The molecule has 0 aromatic carbocycles. The van der Waals surface area contributed by atoms with E-state index in [-0.39, 0.29) is 5.97 Å². The quantitative estimate of drug-likeness (QED) is 0.533. The van der Waals surface area contributed by atoms with E-state index in [9.17, 15) is 4.79 Å². The Kier molecular flexibility index (Phi) is 6.22. The Morgan fingerprint density at radius 2 is 1.82 bits per heavy atom. The van der Waals surface area contributed by atoms with E-state index in [1.165, 1.54) is 20.1 Å². The molecule has 0 radical (unpaired) electrons. The molecule has 17 heavy (non-hydrogen) atoms. The summed E-state index contributed by atoms with van der Waals surface area (Å²) >= 11 is 0. The fourth-order valence-corrected chi connectivity index (χ4v) is 2.02. The van der Waals surface area contributed by atoms with Crippen LogP contribution in [0.2, 0.25) is 0 Å². The van der Waals surface area contributed by atoms with E-state index in [2.05, 4.69) is 21.5 Å². The van der Waals surface area contributed by atoms with Gasteiger partial charge in [-0.25, -0.2) is 4.79 Å². The lowest BCUT2D eigenvalue weighted by atomic mass is 10.2. The maximum absolute atomic E-state index is 11.2. The fraction of sp³-hybridized carbons (Fsp3) is 0.769. The highest BCUT2D eigenvalue weighted by molar-refractivity contribution is 5.87. The van der Waals surface area contributed by atoms with Crippen LogP contribution < -0.4 is 0 Å². The summed E-state index contributed by atoms with van der Waals surface area (Å²) in [6.07, 6.45) is 3.18. The summed E-state index contributed by atoms with van der Waals surface area (Å²) < 4.78 is 4.67. The minimum Gasteiger partial charge on any atom is -0.466 e. The fourth-order valence-electron chi connectivity index (χ4n) is 2.02. The number of methoxy groups -OCH3 is 1. The molecule has 0 unspecified atom stereocenters. The molecule has 0 spiro atoms. The predicted octanol–water partition coefficient (Wildman–Crippen LogP) is 1.13. The van der Waals surface area contributed by atoms with Gasteiger partial charge in [-0.05, 0) is 19.9 Å². The van der Waals surface area contributed by atoms with Crippen molar-refractivity contribution in [2.45, 2.75) is 20.3 Å². The molecule has 1 aliphatic rings. The van der Waals surface area contributed by atoms with Gasteiger partial charge in [0.2, 0.25) is 0 Å². The summed E-state index contributed by atoms with van der Waals surface area (Å²) in [6.45, 7) is 10.5. The zero-order valence-corrected chi connectivity index (χ0v) is 11.2. The molecule has 0 aromatic heterocycles. The number of hydrogen-bond donors (Lipinski definition) is 0. The lowest BCUT2D eigenvalue weighted by Gasteiger charge is -2.33. The third-order valence-electron chi connectivity index (χ3n) is 3.17. The molecule has 0 amide bonds. The van der Waals surface area contributed by atoms with E-state index in [0.717, 1.165) is 32.7 Å². The summed E-state index contributed by atoms with van der Waals surface area (Å²) in [5.74, 6) is -0.227. The number of carbonyl (C=O) groups excluding carboxylic acids is 1. The number of hydrogen-bond acceptors (Lipinski definition) is 4. The van der Waals surface area contributed by atoms with Gasteiger partial charge in [0.1, 0.15) is 0 Å². The van der Waals surface area contributed by atoms with Gasteiger partial charge < -0.3 is 9.64 Å². The molecule has 0 saturated carbocycles. The molecule has 1 saturated heterocycles. The SMILES string of the molecule is CCCN1CCN(CC=C(C)C(=O)OC)CC1. The minimum absolute atomic E-state index is 0.227. The second kappa shape index (κ2) is 7.45. The zero-order valence-electron chi connectivity index (χ0n) is 11.2. The number of rotatable bonds is 5. The van der Waals surface area contributed by atoms with Gasteiger partial charge in [0, 0.05) is 38.3 Å². The van der Waals surface area contributed by atoms with Gasteiger partial charge in [-0.1, -0.05) is 13.0 Å². The van der Waals surface area contributed by atoms with Gasteiger partial charge in [-0.15, -0.1) is 0 Å². The molecule has 0 atom stereocenters. The van der Waals surface area contributed by atoms with Gasteiger partial charge >= 0.3 is 5.97 Å². The summed E-state index contributed by atoms with van der Waals surface area (Å²) in [6, 6.07) is 0. The number of nitrogens with zero attached hydrogens (tertiary/aromatic N) is 2. The molecular formula is C13H24N2O2. The summed E-state index contributed by atoms with van der Waals surface area (Å²) in [7, 11) is 1.42. The maximum Gasteiger partial charge on any atom is 0.333 e. The number of piperazine rings is 1. The van der Waals surface area contributed by atoms with Crippen LogP contribution in [0.25, 0.3) is 0 Å². The van der Waals surface area contributed by atoms with E-state index in [1.54, 1.807) is 6.92 Å². The molecule has 0 N–H and O–H groups in total. The van der Waals surface area contributed by atoms with Gasteiger partial charge in [0.05, 0.1) is 7.11 Å². The van der Waals surface area contributed by atoms with E-state index < -0.39 is 0 Å². The highest BCUT2D eigenvalue weighted by Crippen LogP contribution is 2.04. The molecule has 98 valence electrons. The molecule has 1 aliphatic heterocycles. The van der Waals surface area contributed by atoms with Gasteiger partial charge in [0.15, 0.2) is 0 Å². The molecule has 1 heterocycles. The van der Waals surface area contributed by atoms with Crippen LogP contribution in [0.3, 0.4) is 0 Å². The lowest BCUT2D eigenvalue weighted by Crippen LogP contribution is -2.46. The Labute approximate surface area is 104 Å². The van der Waals surface area contributed by atoms with Crippen molar-refractivity contribution in [3.63, 3.8) is 0 Å². The average molecular weight is 240 g/mol. The van der Waals surface area contributed by atoms with Crippen molar-refractivity contribution in [2.24, 2.45) is 0 Å². The number of carbonyl (C=O) groups is 1. The largest absolute Gasteiger partial charge is 0.466 e. The molecule has 4 nitrogen and oxygen atoms in total. The van der Waals surface area contributed by atoms with Crippen molar-refractivity contribution < 1.29 is 9.53 Å². The standard InChI is InChI=1S/C13H24N2O2/c1-4-6-14-8-10-15(11-9-14)7-5-12(2)13(16)17-3/h5H,4,6-11H2,1-3H3. The molecular weight excluding hydrogens is 216 g/mol. The van der Waals surface area contributed by atoms with Crippen molar-refractivity contribution in [3.05, 3.63) is 11.6 Å². The molecule has 0 aliphatic carbocycles. The normalized spacial score (nSPS) is 19.4. The van der Waals surface area contributed by atoms with E-state index >= 15 is 0 Å². The molecule has 1 fully saturated rings. The molecule has 0 aromatic rings. The highest BCUT2D eigenvalue weighted by atomic mass is 16.5. The minimum atomic E-state index is -0.227. The van der Waals surface area contributed by atoms with Crippen LogP contribution in [0.15, 0.2) is 11.6 Å². The van der Waals surface area contributed by atoms with Crippen molar-refractivity contribution in [1.82, 2.24) is 9.80 Å². The van der Waals surface area contributed by atoms with Gasteiger partial charge in [0.25, 0.3) is 0 Å². The van der Waals surface area contributed by atoms with Crippen LogP contribution in [0.5, 0.6) is 0 Å². The van der Waals surface area contributed by atoms with Crippen LogP contribution >= 0.6 is 0 Å². The Hall–Kier alpha value is -0.870. The summed E-state index contributed by atoms with van der Waals surface area (Å²) in [4.78, 5) is 16.1. The van der Waals surface area contributed by atoms with E-state index in [4.69, 9.17) is 0 Å². The third kappa shape index (κ3) is 4.88. The van der Waals surface area contributed by atoms with Gasteiger partial charge in [-0.3, -0.25) is 4.90 Å². The predicted molar refractivity (Wildman–Crippen MR) is 68.9 cm³/mol. The van der Waals surface area contributed by atoms with Crippen LogP contribution in [0.1, 0.15) is 20.3 Å². The third-order valence-corrected chi connectivity index (χ3v) is 3.17. The Bertz CT molecular complexity index is 269. The zero-order chi connectivity index (χ0) is 12.7. The highest BCUT2D eigenvalue weighted by Gasteiger charge is 2.15. The average Bonchev–Trinajstić information content (AvgIpc) is 2.37. The summed E-state index contributed by atoms with van der Waals surface area (Å²) in [5, 5.41) is 0. The smallest absolute Gasteiger partial charge is 0.333 e. The Morgan fingerprint density at radius 1 is 1.24 bits per heavy atom.